The molecule has 130 valence electrons. The summed E-state index contributed by atoms with van der Waals surface area (Å²) in [4.78, 5) is 9.72. The molecule has 0 unspecified atom stereocenters. The summed E-state index contributed by atoms with van der Waals surface area (Å²) >= 11 is 3.33. The fourth-order valence-corrected chi connectivity index (χ4v) is 4.79. The third-order valence-electron chi connectivity index (χ3n) is 4.52. The van der Waals surface area contributed by atoms with Gasteiger partial charge in [0, 0.05) is 21.9 Å². The molecule has 0 saturated carbocycles. The minimum absolute atomic E-state index is 0.988. The van der Waals surface area contributed by atoms with Crippen LogP contribution < -0.4 is 0 Å². The van der Waals surface area contributed by atoms with Crippen LogP contribution in [0.1, 0.15) is 22.3 Å². The number of hydrogen-bond acceptors (Lipinski definition) is 4. The van der Waals surface area contributed by atoms with Gasteiger partial charge in [-0.05, 0) is 44.9 Å². The second kappa shape index (κ2) is 6.78. The highest BCUT2D eigenvalue weighted by Gasteiger charge is 2.13. The lowest BCUT2D eigenvalue weighted by molar-refractivity contribution is 1.31. The highest BCUT2D eigenvalue weighted by atomic mass is 32.1. The first-order valence-electron chi connectivity index (χ1n) is 8.58. The Hall–Kier alpha value is -2.30. The van der Waals surface area contributed by atoms with Gasteiger partial charge >= 0.3 is 0 Å². The van der Waals surface area contributed by atoms with E-state index in [1.165, 1.54) is 33.4 Å². The van der Waals surface area contributed by atoms with Crippen molar-refractivity contribution in [3.8, 4) is 32.5 Å². The van der Waals surface area contributed by atoms with Gasteiger partial charge in [0.1, 0.15) is 0 Å². The van der Waals surface area contributed by atoms with Gasteiger partial charge in [-0.3, -0.25) is 0 Å². The van der Waals surface area contributed by atoms with Crippen LogP contribution in [-0.2, 0) is 0 Å². The second-order valence-corrected chi connectivity index (χ2v) is 8.43. The molecule has 4 aromatic rings. The molecule has 0 amide bonds. The van der Waals surface area contributed by atoms with Crippen LogP contribution in [0.3, 0.4) is 0 Å². The van der Waals surface area contributed by atoms with Crippen molar-refractivity contribution in [1.82, 2.24) is 9.97 Å². The Morgan fingerprint density at radius 1 is 0.615 bits per heavy atom. The fourth-order valence-electron chi connectivity index (χ4n) is 3.10. The van der Waals surface area contributed by atoms with Crippen molar-refractivity contribution < 1.29 is 0 Å². The van der Waals surface area contributed by atoms with E-state index in [4.69, 9.17) is 9.97 Å². The molecule has 0 aliphatic heterocycles. The first-order chi connectivity index (χ1) is 12.5. The lowest BCUT2D eigenvalue weighted by atomic mass is 10.0. The summed E-state index contributed by atoms with van der Waals surface area (Å²) in [7, 11) is 0. The van der Waals surface area contributed by atoms with Gasteiger partial charge in [-0.1, -0.05) is 41.5 Å². The molecule has 2 aromatic heterocycles. The SMILES string of the molecule is Cc1ccc(-c2csc(-c3nc(-c4cc(C)ccc4C)cs3)n2)c(C)c1. The van der Waals surface area contributed by atoms with Crippen LogP contribution in [0.2, 0.25) is 0 Å². The number of aryl methyl sites for hydroxylation is 4. The van der Waals surface area contributed by atoms with Gasteiger partial charge in [0.05, 0.1) is 11.4 Å². The molecule has 2 aromatic carbocycles. The molecule has 2 heterocycles. The third-order valence-corrected chi connectivity index (χ3v) is 6.35. The maximum Gasteiger partial charge on any atom is 0.152 e. The minimum atomic E-state index is 0.988. The van der Waals surface area contributed by atoms with E-state index in [1.807, 2.05) is 0 Å². The summed E-state index contributed by atoms with van der Waals surface area (Å²) in [5.74, 6) is 0. The van der Waals surface area contributed by atoms with E-state index in [1.54, 1.807) is 22.7 Å². The molecule has 0 fully saturated rings. The van der Waals surface area contributed by atoms with E-state index in [2.05, 4.69) is 74.9 Å². The molecule has 0 aliphatic carbocycles. The Kier molecular flexibility index (Phi) is 4.47. The van der Waals surface area contributed by atoms with Crippen LogP contribution in [0.15, 0.2) is 47.2 Å². The summed E-state index contributed by atoms with van der Waals surface area (Å²) in [5.41, 5.74) is 9.52. The van der Waals surface area contributed by atoms with Crippen LogP contribution in [0.4, 0.5) is 0 Å². The number of thiazole rings is 2. The van der Waals surface area contributed by atoms with Gasteiger partial charge < -0.3 is 0 Å². The Balaban J connectivity index is 1.69. The zero-order chi connectivity index (χ0) is 18.3. The van der Waals surface area contributed by atoms with Gasteiger partial charge in [-0.2, -0.15) is 0 Å². The lowest BCUT2D eigenvalue weighted by Gasteiger charge is -2.03. The van der Waals surface area contributed by atoms with Crippen LogP contribution >= 0.6 is 22.7 Å². The van der Waals surface area contributed by atoms with Crippen molar-refractivity contribution in [3.63, 3.8) is 0 Å². The van der Waals surface area contributed by atoms with Crippen molar-refractivity contribution in [2.24, 2.45) is 0 Å². The molecule has 0 radical (unpaired) electrons. The Morgan fingerprint density at radius 3 is 1.85 bits per heavy atom. The van der Waals surface area contributed by atoms with Gasteiger partial charge in [-0.15, -0.1) is 22.7 Å². The number of aromatic nitrogens is 2. The number of rotatable bonds is 3. The first-order valence-corrected chi connectivity index (χ1v) is 10.3. The number of nitrogens with zero attached hydrogens (tertiary/aromatic N) is 2. The second-order valence-electron chi connectivity index (χ2n) is 6.71. The molecule has 0 saturated heterocycles. The summed E-state index contributed by atoms with van der Waals surface area (Å²) in [6.07, 6.45) is 0. The van der Waals surface area contributed by atoms with Crippen molar-refractivity contribution in [2.75, 3.05) is 0 Å². The molecule has 0 bridgehead atoms. The van der Waals surface area contributed by atoms with E-state index < -0.39 is 0 Å². The quantitative estimate of drug-likeness (QED) is 0.391. The predicted octanol–water partition coefficient (Wildman–Crippen LogP) is 6.83. The monoisotopic (exact) mass is 376 g/mol. The molecule has 0 aliphatic rings. The average Bonchev–Trinajstić information content (AvgIpc) is 3.26. The molecule has 26 heavy (non-hydrogen) atoms. The van der Waals surface area contributed by atoms with Crippen LogP contribution in [0.25, 0.3) is 32.5 Å². The molecule has 0 N–H and O–H groups in total. The van der Waals surface area contributed by atoms with Crippen molar-refractivity contribution in [2.45, 2.75) is 27.7 Å². The summed E-state index contributed by atoms with van der Waals surface area (Å²) in [6.45, 7) is 8.51. The van der Waals surface area contributed by atoms with E-state index in [9.17, 15) is 0 Å². The van der Waals surface area contributed by atoms with Gasteiger partial charge in [0.25, 0.3) is 0 Å². The largest absolute Gasteiger partial charge is 0.233 e. The Labute approximate surface area is 162 Å². The van der Waals surface area contributed by atoms with E-state index in [0.717, 1.165) is 21.4 Å². The first kappa shape index (κ1) is 17.1. The van der Waals surface area contributed by atoms with Gasteiger partial charge in [0.2, 0.25) is 0 Å². The Morgan fingerprint density at radius 2 is 1.19 bits per heavy atom. The highest BCUT2D eigenvalue weighted by Crippen LogP contribution is 2.35. The predicted molar refractivity (Wildman–Crippen MR) is 113 cm³/mol. The normalized spacial score (nSPS) is 11.1. The van der Waals surface area contributed by atoms with Crippen LogP contribution in [0, 0.1) is 27.7 Å². The average molecular weight is 377 g/mol. The van der Waals surface area contributed by atoms with E-state index in [-0.39, 0.29) is 0 Å². The molecule has 4 heteroatoms. The highest BCUT2D eigenvalue weighted by molar-refractivity contribution is 7.20. The zero-order valence-electron chi connectivity index (χ0n) is 15.3. The third kappa shape index (κ3) is 3.22. The zero-order valence-corrected chi connectivity index (χ0v) is 17.0. The van der Waals surface area contributed by atoms with Gasteiger partial charge in [-0.25, -0.2) is 9.97 Å². The van der Waals surface area contributed by atoms with Crippen LogP contribution in [0.5, 0.6) is 0 Å². The topological polar surface area (TPSA) is 25.8 Å². The number of benzene rings is 2. The summed E-state index contributed by atoms with van der Waals surface area (Å²) < 4.78 is 0. The smallest absolute Gasteiger partial charge is 0.152 e. The van der Waals surface area contributed by atoms with Gasteiger partial charge in [0.15, 0.2) is 10.0 Å². The molecular formula is C22H20N2S2. The van der Waals surface area contributed by atoms with E-state index in [0.29, 0.717) is 0 Å². The fraction of sp³-hybridized carbons (Fsp3) is 0.182. The number of hydrogen-bond donors (Lipinski definition) is 0. The lowest BCUT2D eigenvalue weighted by Crippen LogP contribution is -1.86. The molecule has 4 rings (SSSR count). The minimum Gasteiger partial charge on any atom is -0.233 e. The molecular weight excluding hydrogens is 356 g/mol. The molecule has 0 spiro atoms. The van der Waals surface area contributed by atoms with Crippen molar-refractivity contribution >= 4 is 22.7 Å². The standard InChI is InChI=1S/C22H20N2S2/c1-13-6-8-17(16(4)9-13)19-11-25-21(23-19)22-24-20(12-26-22)18-10-14(2)5-7-15(18)3/h5-12H,1-4H3. The summed E-state index contributed by atoms with van der Waals surface area (Å²) in [5, 5.41) is 6.24. The van der Waals surface area contributed by atoms with E-state index >= 15 is 0 Å². The van der Waals surface area contributed by atoms with Crippen molar-refractivity contribution in [3.05, 3.63) is 69.4 Å². The Bertz CT molecular complexity index is 1090. The maximum absolute atomic E-state index is 4.86. The van der Waals surface area contributed by atoms with Crippen molar-refractivity contribution in [1.29, 1.82) is 0 Å². The summed E-state index contributed by atoms with van der Waals surface area (Å²) in [6, 6.07) is 13.0. The van der Waals surface area contributed by atoms with Crippen LogP contribution in [-0.4, -0.2) is 9.97 Å². The molecule has 2 nitrogen and oxygen atoms in total. The molecule has 0 atom stereocenters. The maximum atomic E-state index is 4.86.